The Bertz CT molecular complexity index is 332. The Hall–Kier alpha value is -0.770. The number of nitrogens with two attached hydrogens (primary N) is 1. The summed E-state index contributed by atoms with van der Waals surface area (Å²) in [5.74, 6) is 2.11. The third kappa shape index (κ3) is 6.55. The minimum atomic E-state index is 0.551. The summed E-state index contributed by atoms with van der Waals surface area (Å²) in [6.45, 7) is 9.16. The fourth-order valence-corrected chi connectivity index (χ4v) is 3.89. The van der Waals surface area contributed by atoms with E-state index >= 15 is 0 Å². The van der Waals surface area contributed by atoms with Gasteiger partial charge < -0.3 is 16.0 Å². The molecule has 0 spiro atoms. The number of hydrogen-bond acceptors (Lipinski definition) is 2. The van der Waals surface area contributed by atoms with Gasteiger partial charge in [-0.05, 0) is 44.1 Å². The van der Waals surface area contributed by atoms with Crippen LogP contribution in [0.3, 0.4) is 0 Å². The van der Waals surface area contributed by atoms with E-state index < -0.39 is 0 Å². The summed E-state index contributed by atoms with van der Waals surface area (Å²) in [6, 6.07) is 0.551. The molecule has 1 aliphatic heterocycles. The number of nitrogens with one attached hydrogen (secondary N) is 1. The maximum atomic E-state index is 6.11. The zero-order chi connectivity index (χ0) is 15.8. The van der Waals surface area contributed by atoms with Crippen LogP contribution in [0.25, 0.3) is 0 Å². The zero-order valence-corrected chi connectivity index (χ0v) is 14.7. The van der Waals surface area contributed by atoms with Crippen molar-refractivity contribution in [1.82, 2.24) is 10.2 Å². The molecule has 1 unspecified atom stereocenters. The standard InChI is InChI=1S/C18H36N4/c1-15(2)13-22-11-7-8-16(14-22)12-20-18(19)21-17-9-5-3-4-6-10-17/h15-17H,3-14H2,1-2H3,(H3,19,20,21). The minimum absolute atomic E-state index is 0.551. The molecule has 1 atom stereocenters. The minimum Gasteiger partial charge on any atom is -0.370 e. The highest BCUT2D eigenvalue weighted by Gasteiger charge is 2.20. The van der Waals surface area contributed by atoms with Crippen molar-refractivity contribution in [2.75, 3.05) is 26.2 Å². The molecule has 128 valence electrons. The first kappa shape index (κ1) is 17.6. The molecule has 0 aromatic rings. The van der Waals surface area contributed by atoms with Crippen molar-refractivity contribution < 1.29 is 0 Å². The first-order valence-corrected chi connectivity index (χ1v) is 9.42. The Balaban J connectivity index is 1.72. The average Bonchev–Trinajstić information content (AvgIpc) is 2.73. The zero-order valence-electron chi connectivity index (χ0n) is 14.7. The average molecular weight is 309 g/mol. The summed E-state index contributed by atoms with van der Waals surface area (Å²) < 4.78 is 0. The predicted molar refractivity (Wildman–Crippen MR) is 95.1 cm³/mol. The maximum Gasteiger partial charge on any atom is 0.188 e. The highest BCUT2D eigenvalue weighted by atomic mass is 15.1. The van der Waals surface area contributed by atoms with Crippen LogP contribution in [0.5, 0.6) is 0 Å². The second-order valence-corrected chi connectivity index (χ2v) is 7.72. The summed E-state index contributed by atoms with van der Waals surface area (Å²) in [5, 5.41) is 3.46. The molecule has 0 radical (unpaired) electrons. The van der Waals surface area contributed by atoms with Crippen LogP contribution in [-0.2, 0) is 0 Å². The molecule has 4 nitrogen and oxygen atoms in total. The molecule has 0 aromatic carbocycles. The van der Waals surface area contributed by atoms with Crippen molar-refractivity contribution in [3.63, 3.8) is 0 Å². The molecule has 1 heterocycles. The molecule has 1 saturated heterocycles. The highest BCUT2D eigenvalue weighted by molar-refractivity contribution is 5.78. The second-order valence-electron chi connectivity index (χ2n) is 7.72. The van der Waals surface area contributed by atoms with E-state index in [0.717, 1.165) is 12.5 Å². The number of nitrogens with zero attached hydrogens (tertiary/aromatic N) is 2. The topological polar surface area (TPSA) is 53.6 Å². The van der Waals surface area contributed by atoms with Gasteiger partial charge in [-0.2, -0.15) is 0 Å². The SMILES string of the molecule is CC(C)CN1CCCC(CN=C(N)NC2CCCCCC2)C1. The molecular weight excluding hydrogens is 272 g/mol. The van der Waals surface area contributed by atoms with Crippen LogP contribution < -0.4 is 11.1 Å². The van der Waals surface area contributed by atoms with Crippen LogP contribution in [0.2, 0.25) is 0 Å². The van der Waals surface area contributed by atoms with Crippen LogP contribution in [-0.4, -0.2) is 43.1 Å². The molecule has 3 N–H and O–H groups in total. The van der Waals surface area contributed by atoms with Gasteiger partial charge in [0.2, 0.25) is 0 Å². The highest BCUT2D eigenvalue weighted by Crippen LogP contribution is 2.18. The summed E-state index contributed by atoms with van der Waals surface area (Å²) in [7, 11) is 0. The summed E-state index contributed by atoms with van der Waals surface area (Å²) in [5.41, 5.74) is 6.11. The van der Waals surface area contributed by atoms with E-state index in [1.807, 2.05) is 0 Å². The van der Waals surface area contributed by atoms with Crippen LogP contribution in [0.15, 0.2) is 4.99 Å². The van der Waals surface area contributed by atoms with Crippen molar-refractivity contribution >= 4 is 5.96 Å². The summed E-state index contributed by atoms with van der Waals surface area (Å²) >= 11 is 0. The predicted octanol–water partition coefficient (Wildman–Crippen LogP) is 2.98. The Kier molecular flexibility index (Phi) is 7.50. The molecule has 2 fully saturated rings. The molecule has 0 amide bonds. The molecule has 0 aromatic heterocycles. The summed E-state index contributed by atoms with van der Waals surface area (Å²) in [4.78, 5) is 7.24. The molecular formula is C18H36N4. The van der Waals surface area contributed by atoms with E-state index in [1.54, 1.807) is 0 Å². The van der Waals surface area contributed by atoms with Gasteiger partial charge in [0.15, 0.2) is 5.96 Å². The van der Waals surface area contributed by atoms with Crippen LogP contribution >= 0.6 is 0 Å². The van der Waals surface area contributed by atoms with Crippen molar-refractivity contribution in [2.45, 2.75) is 71.3 Å². The Morgan fingerprint density at radius 2 is 1.86 bits per heavy atom. The van der Waals surface area contributed by atoms with Gasteiger partial charge in [-0.3, -0.25) is 4.99 Å². The summed E-state index contributed by atoms with van der Waals surface area (Å²) in [6.07, 6.45) is 10.5. The van der Waals surface area contributed by atoms with Crippen molar-refractivity contribution in [2.24, 2.45) is 22.6 Å². The first-order chi connectivity index (χ1) is 10.6. The third-order valence-electron chi connectivity index (χ3n) is 4.95. The lowest BCUT2D eigenvalue weighted by atomic mass is 9.97. The van der Waals surface area contributed by atoms with E-state index in [1.165, 1.54) is 71.0 Å². The van der Waals surface area contributed by atoms with Crippen LogP contribution in [0.4, 0.5) is 0 Å². The van der Waals surface area contributed by atoms with Gasteiger partial charge in [-0.25, -0.2) is 0 Å². The van der Waals surface area contributed by atoms with E-state index in [4.69, 9.17) is 5.73 Å². The fourth-order valence-electron chi connectivity index (χ4n) is 3.89. The molecule has 0 bridgehead atoms. The number of hydrogen-bond donors (Lipinski definition) is 2. The van der Waals surface area contributed by atoms with Crippen molar-refractivity contribution in [3.05, 3.63) is 0 Å². The van der Waals surface area contributed by atoms with E-state index in [9.17, 15) is 0 Å². The fraction of sp³-hybridized carbons (Fsp3) is 0.944. The Morgan fingerprint density at radius 3 is 2.55 bits per heavy atom. The van der Waals surface area contributed by atoms with Gasteiger partial charge >= 0.3 is 0 Å². The quantitative estimate of drug-likeness (QED) is 0.466. The van der Waals surface area contributed by atoms with Gasteiger partial charge in [0.1, 0.15) is 0 Å². The van der Waals surface area contributed by atoms with Gasteiger partial charge in [0, 0.05) is 25.7 Å². The largest absolute Gasteiger partial charge is 0.370 e. The Labute approximate surface area is 136 Å². The number of likely N-dealkylation sites (tertiary alicyclic amines) is 1. The normalized spacial score (nSPS) is 26.1. The lowest BCUT2D eigenvalue weighted by molar-refractivity contribution is 0.162. The molecule has 1 aliphatic carbocycles. The molecule has 22 heavy (non-hydrogen) atoms. The number of aliphatic imine (C=N–C) groups is 1. The van der Waals surface area contributed by atoms with Crippen LogP contribution in [0.1, 0.15) is 65.2 Å². The van der Waals surface area contributed by atoms with Gasteiger partial charge in [0.05, 0.1) is 0 Å². The monoisotopic (exact) mass is 308 g/mol. The second kappa shape index (κ2) is 9.39. The van der Waals surface area contributed by atoms with Crippen LogP contribution in [0, 0.1) is 11.8 Å². The van der Waals surface area contributed by atoms with Crippen molar-refractivity contribution in [3.8, 4) is 0 Å². The van der Waals surface area contributed by atoms with Gasteiger partial charge in [-0.15, -0.1) is 0 Å². The van der Waals surface area contributed by atoms with E-state index in [2.05, 4.69) is 29.1 Å². The Morgan fingerprint density at radius 1 is 1.14 bits per heavy atom. The molecule has 2 aliphatic rings. The van der Waals surface area contributed by atoms with Gasteiger partial charge in [-0.1, -0.05) is 39.5 Å². The van der Waals surface area contributed by atoms with E-state index in [-0.39, 0.29) is 0 Å². The number of guanidine groups is 1. The van der Waals surface area contributed by atoms with Crippen molar-refractivity contribution in [1.29, 1.82) is 0 Å². The molecule has 2 rings (SSSR count). The molecule has 4 heteroatoms. The first-order valence-electron chi connectivity index (χ1n) is 9.42. The maximum absolute atomic E-state index is 6.11. The van der Waals surface area contributed by atoms with Gasteiger partial charge in [0.25, 0.3) is 0 Å². The lowest BCUT2D eigenvalue weighted by Gasteiger charge is -2.33. The molecule has 1 saturated carbocycles. The lowest BCUT2D eigenvalue weighted by Crippen LogP contribution is -2.41. The third-order valence-corrected chi connectivity index (χ3v) is 4.95. The number of rotatable bonds is 5. The smallest absolute Gasteiger partial charge is 0.188 e. The van der Waals surface area contributed by atoms with E-state index in [0.29, 0.717) is 17.9 Å². The number of piperidine rings is 1.